The van der Waals surface area contributed by atoms with Crippen molar-refractivity contribution >= 4 is 40.6 Å². The molecular weight excluding hydrogens is 328 g/mol. The van der Waals surface area contributed by atoms with Gasteiger partial charge in [-0.15, -0.1) is 0 Å². The first-order valence-electron chi connectivity index (χ1n) is 6.97. The molecule has 1 aromatic carbocycles. The summed E-state index contributed by atoms with van der Waals surface area (Å²) in [6, 6.07) is 8.30. The molecule has 4 N–H and O–H groups in total. The highest BCUT2D eigenvalue weighted by molar-refractivity contribution is 7.80. The van der Waals surface area contributed by atoms with Crippen molar-refractivity contribution in [3.63, 3.8) is 0 Å². The molecule has 0 fully saturated rings. The van der Waals surface area contributed by atoms with E-state index in [4.69, 9.17) is 22.7 Å². The van der Waals surface area contributed by atoms with Crippen LogP contribution in [-0.2, 0) is 16.0 Å². The Kier molecular flexibility index (Phi) is 5.80. The highest BCUT2D eigenvalue weighted by Gasteiger charge is 2.17. The van der Waals surface area contributed by atoms with Crippen molar-refractivity contribution in [2.75, 3.05) is 17.7 Å². The molecule has 0 radical (unpaired) electrons. The van der Waals surface area contributed by atoms with Crippen LogP contribution in [0.3, 0.4) is 0 Å². The molecule has 1 heterocycles. The van der Waals surface area contributed by atoms with Gasteiger partial charge >= 0.3 is 5.97 Å². The second-order valence-corrected chi connectivity index (χ2v) is 5.23. The molecule has 1 aromatic heterocycles. The number of hydrogen-bond donors (Lipinski definition) is 3. The molecule has 24 heavy (non-hydrogen) atoms. The second-order valence-electron chi connectivity index (χ2n) is 4.79. The molecule has 0 bridgehead atoms. The van der Waals surface area contributed by atoms with Crippen molar-refractivity contribution in [1.82, 2.24) is 4.98 Å². The zero-order valence-electron chi connectivity index (χ0n) is 12.9. The van der Waals surface area contributed by atoms with E-state index >= 15 is 0 Å². The average molecular weight is 344 g/mol. The van der Waals surface area contributed by atoms with Crippen LogP contribution in [-0.4, -0.2) is 29.1 Å². The summed E-state index contributed by atoms with van der Waals surface area (Å²) in [5.41, 5.74) is 7.21. The Labute approximate surface area is 144 Å². The molecule has 1 amide bonds. The molecule has 0 saturated heterocycles. The molecule has 0 unspecified atom stereocenters. The maximum atomic E-state index is 12.2. The highest BCUT2D eigenvalue weighted by atomic mass is 32.1. The van der Waals surface area contributed by atoms with Crippen LogP contribution in [0.15, 0.2) is 42.7 Å². The number of ether oxygens (including phenoxy) is 1. The van der Waals surface area contributed by atoms with Crippen LogP contribution >= 0.6 is 12.2 Å². The smallest absolute Gasteiger partial charge is 0.340 e. The Bertz CT molecular complexity index is 765. The Morgan fingerprint density at radius 2 is 1.92 bits per heavy atom. The number of nitrogens with zero attached hydrogens (tertiary/aromatic N) is 1. The Hall–Kier alpha value is -3.00. The van der Waals surface area contributed by atoms with Crippen LogP contribution in [0.5, 0.6) is 0 Å². The van der Waals surface area contributed by atoms with E-state index in [1.165, 1.54) is 7.11 Å². The molecule has 0 aliphatic rings. The molecule has 124 valence electrons. The van der Waals surface area contributed by atoms with Crippen molar-refractivity contribution in [3.05, 3.63) is 53.9 Å². The number of carbonyl (C=O) groups excluding carboxylic acids is 2. The highest BCUT2D eigenvalue weighted by Crippen LogP contribution is 2.27. The fraction of sp³-hybridized carbons (Fsp3) is 0.125. The second kappa shape index (κ2) is 8.02. The maximum absolute atomic E-state index is 12.2. The number of hydrogen-bond acceptors (Lipinski definition) is 5. The normalized spacial score (nSPS) is 9.88. The number of aromatic nitrogens is 1. The fourth-order valence-electron chi connectivity index (χ4n) is 2.07. The molecule has 0 aliphatic heterocycles. The molecule has 0 saturated carbocycles. The first-order valence-corrected chi connectivity index (χ1v) is 7.38. The molecule has 8 heteroatoms. The number of pyridine rings is 1. The van der Waals surface area contributed by atoms with Crippen LogP contribution in [0.1, 0.15) is 15.9 Å². The number of nitrogens with one attached hydrogen (secondary N) is 2. The van der Waals surface area contributed by atoms with Crippen LogP contribution < -0.4 is 16.4 Å². The van der Waals surface area contributed by atoms with Gasteiger partial charge < -0.3 is 21.1 Å². The summed E-state index contributed by atoms with van der Waals surface area (Å²) in [7, 11) is 1.27. The van der Waals surface area contributed by atoms with Gasteiger partial charge in [0.25, 0.3) is 0 Å². The number of thiocarbonyl (C=S) groups is 1. The molecule has 0 spiro atoms. The zero-order chi connectivity index (χ0) is 17.5. The van der Waals surface area contributed by atoms with Crippen molar-refractivity contribution in [1.29, 1.82) is 0 Å². The number of methoxy groups -OCH3 is 1. The number of nitrogens with two attached hydrogens (primary N) is 1. The van der Waals surface area contributed by atoms with Gasteiger partial charge in [0.2, 0.25) is 5.91 Å². The monoisotopic (exact) mass is 344 g/mol. The van der Waals surface area contributed by atoms with Gasteiger partial charge in [-0.05, 0) is 42.0 Å². The lowest BCUT2D eigenvalue weighted by atomic mass is 10.1. The number of rotatable bonds is 5. The van der Waals surface area contributed by atoms with Crippen molar-refractivity contribution in [3.8, 4) is 0 Å². The number of esters is 1. The molecule has 2 rings (SSSR count). The van der Waals surface area contributed by atoms with E-state index in [0.717, 1.165) is 5.56 Å². The summed E-state index contributed by atoms with van der Waals surface area (Å²) >= 11 is 4.83. The number of anilines is 2. The van der Waals surface area contributed by atoms with Crippen LogP contribution in [0, 0.1) is 0 Å². The Morgan fingerprint density at radius 1 is 1.21 bits per heavy atom. The van der Waals surface area contributed by atoms with E-state index < -0.39 is 5.97 Å². The minimum atomic E-state index is -0.570. The van der Waals surface area contributed by atoms with Gasteiger partial charge in [0, 0.05) is 12.4 Å². The van der Waals surface area contributed by atoms with Crippen molar-refractivity contribution in [2.45, 2.75) is 6.42 Å². The molecule has 0 atom stereocenters. The number of carbonyl (C=O) groups is 2. The van der Waals surface area contributed by atoms with E-state index in [2.05, 4.69) is 15.6 Å². The molecule has 2 aromatic rings. The van der Waals surface area contributed by atoms with E-state index in [1.54, 1.807) is 42.7 Å². The number of amides is 1. The van der Waals surface area contributed by atoms with Crippen LogP contribution in [0.25, 0.3) is 0 Å². The molecular formula is C16H16N4O3S. The lowest BCUT2D eigenvalue weighted by molar-refractivity contribution is -0.115. The Balaban J connectivity index is 2.26. The van der Waals surface area contributed by atoms with Gasteiger partial charge in [-0.2, -0.15) is 0 Å². The summed E-state index contributed by atoms with van der Waals surface area (Å²) in [4.78, 5) is 28.0. The standard InChI is InChI=1S/C16H16N4O3S/c1-23-15(22)11-3-2-4-12(14(11)20-16(17)24)19-13(21)9-10-5-7-18-8-6-10/h2-8H,9H2,1H3,(H,19,21)(H3,17,20,24). The summed E-state index contributed by atoms with van der Waals surface area (Å²) in [5.74, 6) is -0.826. The largest absolute Gasteiger partial charge is 0.465 e. The number of benzene rings is 1. The quantitative estimate of drug-likeness (QED) is 0.560. The third kappa shape index (κ3) is 4.50. The van der Waals surface area contributed by atoms with E-state index in [-0.39, 0.29) is 23.0 Å². The third-order valence-electron chi connectivity index (χ3n) is 3.11. The lowest BCUT2D eigenvalue weighted by Gasteiger charge is -2.15. The summed E-state index contributed by atoms with van der Waals surface area (Å²) in [6.07, 6.45) is 3.39. The average Bonchev–Trinajstić information content (AvgIpc) is 2.56. The molecule has 0 aliphatic carbocycles. The van der Waals surface area contributed by atoms with Crippen molar-refractivity contribution in [2.24, 2.45) is 5.73 Å². The van der Waals surface area contributed by atoms with Gasteiger partial charge in [0.15, 0.2) is 5.11 Å². The van der Waals surface area contributed by atoms with Crippen molar-refractivity contribution < 1.29 is 14.3 Å². The van der Waals surface area contributed by atoms with E-state index in [9.17, 15) is 9.59 Å². The van der Waals surface area contributed by atoms with Crippen LogP contribution in [0.2, 0.25) is 0 Å². The zero-order valence-corrected chi connectivity index (χ0v) is 13.7. The summed E-state index contributed by atoms with van der Waals surface area (Å²) in [6.45, 7) is 0. The van der Waals surface area contributed by atoms with Gasteiger partial charge in [0.1, 0.15) is 0 Å². The minimum Gasteiger partial charge on any atom is -0.465 e. The number of para-hydroxylation sites is 1. The first-order chi connectivity index (χ1) is 11.5. The fourth-order valence-corrected chi connectivity index (χ4v) is 2.18. The van der Waals surface area contributed by atoms with Crippen LogP contribution in [0.4, 0.5) is 11.4 Å². The third-order valence-corrected chi connectivity index (χ3v) is 3.21. The SMILES string of the molecule is COC(=O)c1cccc(NC(=O)Cc2ccncc2)c1NC(N)=S. The topological polar surface area (TPSA) is 106 Å². The summed E-state index contributed by atoms with van der Waals surface area (Å²) < 4.78 is 4.73. The summed E-state index contributed by atoms with van der Waals surface area (Å²) in [5, 5.41) is 5.42. The van der Waals surface area contributed by atoms with Gasteiger partial charge in [-0.1, -0.05) is 6.07 Å². The minimum absolute atomic E-state index is 0.0315. The predicted molar refractivity (Wildman–Crippen MR) is 94.8 cm³/mol. The van der Waals surface area contributed by atoms with E-state index in [0.29, 0.717) is 11.4 Å². The lowest BCUT2D eigenvalue weighted by Crippen LogP contribution is -2.23. The molecule has 7 nitrogen and oxygen atoms in total. The van der Waals surface area contributed by atoms with Gasteiger partial charge in [0.05, 0.1) is 30.5 Å². The Morgan fingerprint density at radius 3 is 2.54 bits per heavy atom. The predicted octanol–water partition coefficient (Wildman–Crippen LogP) is 1.70. The first kappa shape index (κ1) is 17.4. The van der Waals surface area contributed by atoms with Gasteiger partial charge in [-0.3, -0.25) is 9.78 Å². The van der Waals surface area contributed by atoms with E-state index in [1.807, 2.05) is 0 Å². The maximum Gasteiger partial charge on any atom is 0.340 e. The van der Waals surface area contributed by atoms with Gasteiger partial charge in [-0.25, -0.2) is 4.79 Å².